The van der Waals surface area contributed by atoms with Crippen LogP contribution in [-0.4, -0.2) is 17.0 Å². The molecule has 1 amide bonds. The van der Waals surface area contributed by atoms with Gasteiger partial charge in [-0.25, -0.2) is 4.79 Å². The second-order valence-electron chi connectivity index (χ2n) is 4.39. The van der Waals surface area contributed by atoms with E-state index in [2.05, 4.69) is 5.32 Å². The monoisotopic (exact) mass is 323 g/mol. The van der Waals surface area contributed by atoms with Crippen LogP contribution in [0.2, 0.25) is 10.0 Å². The average molecular weight is 324 g/mol. The lowest BCUT2D eigenvalue weighted by atomic mass is 10.1. The van der Waals surface area contributed by atoms with E-state index in [0.29, 0.717) is 16.3 Å². The molecule has 0 aromatic heterocycles. The van der Waals surface area contributed by atoms with Gasteiger partial charge in [0.1, 0.15) is 0 Å². The Morgan fingerprint density at radius 2 is 1.86 bits per heavy atom. The first-order valence-electron chi connectivity index (χ1n) is 5.99. The van der Waals surface area contributed by atoms with Crippen molar-refractivity contribution >= 4 is 40.8 Å². The first-order chi connectivity index (χ1) is 9.90. The van der Waals surface area contributed by atoms with Gasteiger partial charge in [0.2, 0.25) is 0 Å². The maximum Gasteiger partial charge on any atom is 0.335 e. The number of carboxylic acids is 1. The Morgan fingerprint density at radius 1 is 1.14 bits per heavy atom. The number of hydrogen-bond donors (Lipinski definition) is 2. The zero-order valence-corrected chi connectivity index (χ0v) is 12.5. The van der Waals surface area contributed by atoms with E-state index in [-0.39, 0.29) is 16.1 Å². The molecule has 108 valence electrons. The molecule has 0 spiro atoms. The van der Waals surface area contributed by atoms with E-state index in [4.69, 9.17) is 28.3 Å². The zero-order chi connectivity index (χ0) is 15.6. The van der Waals surface area contributed by atoms with Gasteiger partial charge in [-0.2, -0.15) is 0 Å². The van der Waals surface area contributed by atoms with Crippen LogP contribution in [0.1, 0.15) is 26.3 Å². The van der Waals surface area contributed by atoms with Gasteiger partial charge in [-0.05, 0) is 42.8 Å². The van der Waals surface area contributed by atoms with Crippen LogP contribution < -0.4 is 5.32 Å². The summed E-state index contributed by atoms with van der Waals surface area (Å²) in [5, 5.41) is 12.1. The summed E-state index contributed by atoms with van der Waals surface area (Å²) in [6.07, 6.45) is 0. The van der Waals surface area contributed by atoms with Gasteiger partial charge in [-0.15, -0.1) is 0 Å². The van der Waals surface area contributed by atoms with Crippen molar-refractivity contribution in [1.82, 2.24) is 0 Å². The van der Waals surface area contributed by atoms with Crippen molar-refractivity contribution in [1.29, 1.82) is 0 Å². The summed E-state index contributed by atoms with van der Waals surface area (Å²) >= 11 is 11.9. The highest BCUT2D eigenvalue weighted by Gasteiger charge is 2.14. The molecule has 2 rings (SSSR count). The molecular weight excluding hydrogens is 313 g/mol. The number of anilines is 1. The van der Waals surface area contributed by atoms with Crippen molar-refractivity contribution in [3.63, 3.8) is 0 Å². The number of carboxylic acid groups (broad SMARTS) is 1. The molecule has 0 aliphatic rings. The van der Waals surface area contributed by atoms with E-state index >= 15 is 0 Å². The van der Waals surface area contributed by atoms with Crippen molar-refractivity contribution in [3.8, 4) is 0 Å². The normalized spacial score (nSPS) is 10.2. The van der Waals surface area contributed by atoms with Crippen LogP contribution in [0, 0.1) is 6.92 Å². The predicted molar refractivity (Wildman–Crippen MR) is 82.6 cm³/mol. The fourth-order valence-corrected chi connectivity index (χ4v) is 2.19. The third-order valence-electron chi connectivity index (χ3n) is 2.92. The number of carbonyl (C=O) groups excluding carboxylic acids is 1. The molecule has 2 aromatic rings. The summed E-state index contributed by atoms with van der Waals surface area (Å²) in [6.45, 7) is 1.71. The van der Waals surface area contributed by atoms with Gasteiger partial charge >= 0.3 is 5.97 Å². The van der Waals surface area contributed by atoms with Crippen molar-refractivity contribution in [2.45, 2.75) is 6.92 Å². The Bertz CT molecular complexity index is 729. The number of benzene rings is 2. The van der Waals surface area contributed by atoms with Gasteiger partial charge in [0.25, 0.3) is 5.91 Å². The van der Waals surface area contributed by atoms with Gasteiger partial charge in [0.05, 0.1) is 21.2 Å². The molecule has 0 aliphatic carbocycles. The Hall–Kier alpha value is -2.04. The van der Waals surface area contributed by atoms with Crippen molar-refractivity contribution in [2.24, 2.45) is 0 Å². The van der Waals surface area contributed by atoms with E-state index in [1.165, 1.54) is 18.2 Å². The van der Waals surface area contributed by atoms with Crippen LogP contribution in [0.25, 0.3) is 0 Å². The summed E-state index contributed by atoms with van der Waals surface area (Å²) in [4.78, 5) is 23.1. The van der Waals surface area contributed by atoms with Gasteiger partial charge in [0.15, 0.2) is 0 Å². The number of rotatable bonds is 3. The van der Waals surface area contributed by atoms with Crippen molar-refractivity contribution in [2.75, 3.05) is 5.32 Å². The fraction of sp³-hybridized carbons (Fsp3) is 0.0667. The summed E-state index contributed by atoms with van der Waals surface area (Å²) < 4.78 is 0. The second-order valence-corrected chi connectivity index (χ2v) is 5.18. The molecule has 0 radical (unpaired) electrons. The summed E-state index contributed by atoms with van der Waals surface area (Å²) in [7, 11) is 0. The number of aryl methyl sites for hydroxylation is 1. The smallest absolute Gasteiger partial charge is 0.335 e. The Morgan fingerprint density at radius 3 is 2.48 bits per heavy atom. The molecule has 0 bridgehead atoms. The first-order valence-corrected chi connectivity index (χ1v) is 6.75. The van der Waals surface area contributed by atoms with Crippen LogP contribution in [0.3, 0.4) is 0 Å². The lowest BCUT2D eigenvalue weighted by Crippen LogP contribution is -2.13. The number of aromatic carboxylic acids is 1. The number of hydrogen-bond acceptors (Lipinski definition) is 2. The van der Waals surface area contributed by atoms with Crippen LogP contribution in [0.4, 0.5) is 5.69 Å². The van der Waals surface area contributed by atoms with Crippen LogP contribution >= 0.6 is 23.2 Å². The van der Waals surface area contributed by atoms with Gasteiger partial charge in [-0.3, -0.25) is 4.79 Å². The highest BCUT2D eigenvalue weighted by Crippen LogP contribution is 2.26. The lowest BCUT2D eigenvalue weighted by Gasteiger charge is -2.10. The van der Waals surface area contributed by atoms with Gasteiger partial charge < -0.3 is 10.4 Å². The molecule has 0 fully saturated rings. The number of carbonyl (C=O) groups is 2. The highest BCUT2D eigenvalue weighted by atomic mass is 35.5. The van der Waals surface area contributed by atoms with Crippen LogP contribution in [-0.2, 0) is 0 Å². The minimum atomic E-state index is -1.02. The second kappa shape index (κ2) is 6.16. The Kier molecular flexibility index (Phi) is 4.50. The van der Waals surface area contributed by atoms with Crippen molar-refractivity contribution in [3.05, 3.63) is 63.1 Å². The fourth-order valence-electron chi connectivity index (χ4n) is 1.81. The maximum atomic E-state index is 12.2. The van der Waals surface area contributed by atoms with Crippen molar-refractivity contribution < 1.29 is 14.7 Å². The minimum absolute atomic E-state index is 0.159. The number of halogens is 2. The molecule has 4 nitrogen and oxygen atoms in total. The average Bonchev–Trinajstić information content (AvgIpc) is 2.43. The SMILES string of the molecule is Cc1cc(C(=O)O)ccc1NC(=O)c1cccc(Cl)c1Cl. The quantitative estimate of drug-likeness (QED) is 0.887. The highest BCUT2D eigenvalue weighted by molar-refractivity contribution is 6.44. The number of amides is 1. The predicted octanol–water partition coefficient (Wildman–Crippen LogP) is 4.25. The molecule has 6 heteroatoms. The summed E-state index contributed by atoms with van der Waals surface area (Å²) in [5.74, 6) is -1.43. The first kappa shape index (κ1) is 15.4. The molecule has 0 saturated carbocycles. The largest absolute Gasteiger partial charge is 0.478 e. The molecule has 21 heavy (non-hydrogen) atoms. The topological polar surface area (TPSA) is 66.4 Å². The Balaban J connectivity index is 2.28. The van der Waals surface area contributed by atoms with E-state index in [9.17, 15) is 9.59 Å². The summed E-state index contributed by atoms with van der Waals surface area (Å²) in [5.41, 5.74) is 1.57. The standard InChI is InChI=1S/C15H11Cl2NO3/c1-8-7-9(15(20)21)5-6-12(8)18-14(19)10-3-2-4-11(16)13(10)17/h2-7H,1H3,(H,18,19)(H,20,21). The zero-order valence-electron chi connectivity index (χ0n) is 11.0. The molecular formula is C15H11Cl2NO3. The Labute approximate surface area is 131 Å². The van der Waals surface area contributed by atoms with Crippen LogP contribution in [0.15, 0.2) is 36.4 Å². The van der Waals surface area contributed by atoms with Crippen LogP contribution in [0.5, 0.6) is 0 Å². The molecule has 2 N–H and O–H groups in total. The molecule has 0 saturated heterocycles. The van der Waals surface area contributed by atoms with E-state index in [1.54, 1.807) is 25.1 Å². The molecule has 0 atom stereocenters. The molecule has 0 aliphatic heterocycles. The van der Waals surface area contributed by atoms with Gasteiger partial charge in [0, 0.05) is 5.69 Å². The summed E-state index contributed by atoms with van der Waals surface area (Å²) in [6, 6.07) is 9.22. The maximum absolute atomic E-state index is 12.2. The minimum Gasteiger partial charge on any atom is -0.478 e. The number of nitrogens with one attached hydrogen (secondary N) is 1. The molecule has 0 heterocycles. The third-order valence-corrected chi connectivity index (χ3v) is 3.74. The molecule has 0 unspecified atom stereocenters. The third kappa shape index (κ3) is 3.35. The van der Waals surface area contributed by atoms with E-state index < -0.39 is 11.9 Å². The molecule has 2 aromatic carbocycles. The lowest BCUT2D eigenvalue weighted by molar-refractivity contribution is 0.0696. The van der Waals surface area contributed by atoms with Gasteiger partial charge in [-0.1, -0.05) is 29.3 Å². The van der Waals surface area contributed by atoms with E-state index in [1.807, 2.05) is 0 Å². The van der Waals surface area contributed by atoms with E-state index in [0.717, 1.165) is 0 Å².